The summed E-state index contributed by atoms with van der Waals surface area (Å²) >= 11 is 0. The van der Waals surface area contributed by atoms with Crippen LogP contribution in [0.1, 0.15) is 11.1 Å². The van der Waals surface area contributed by atoms with Gasteiger partial charge < -0.3 is 4.42 Å². The minimum Gasteiger partial charge on any atom is -0.455 e. The minimum atomic E-state index is 0.789. The van der Waals surface area contributed by atoms with Crippen molar-refractivity contribution in [2.45, 2.75) is 13.0 Å². The predicted molar refractivity (Wildman–Crippen MR) is 138 cm³/mol. The van der Waals surface area contributed by atoms with Crippen LogP contribution in [0.3, 0.4) is 0 Å². The molecule has 3 nitrogen and oxygen atoms in total. The van der Waals surface area contributed by atoms with Crippen LogP contribution in [0.5, 0.6) is 0 Å². The fraction of sp³-hybridized carbons (Fsp3) is 0.0625. The molecule has 0 amide bonds. The Morgan fingerprint density at radius 2 is 1.43 bits per heavy atom. The fourth-order valence-electron chi connectivity index (χ4n) is 5.98. The zero-order valence-corrected chi connectivity index (χ0v) is 19.1. The highest BCUT2D eigenvalue weighted by Crippen LogP contribution is 2.43. The van der Waals surface area contributed by atoms with Crippen LogP contribution in [-0.4, -0.2) is 0 Å². The second-order valence-corrected chi connectivity index (χ2v) is 9.39. The van der Waals surface area contributed by atoms with Crippen LogP contribution in [-0.2, 0) is 13.0 Å². The van der Waals surface area contributed by atoms with Crippen molar-refractivity contribution in [2.75, 3.05) is 0 Å². The van der Waals surface area contributed by atoms with E-state index in [1.165, 1.54) is 50.3 Å². The van der Waals surface area contributed by atoms with E-state index in [4.69, 9.17) is 4.42 Å². The van der Waals surface area contributed by atoms with E-state index in [9.17, 15) is 0 Å². The molecule has 0 fully saturated rings. The summed E-state index contributed by atoms with van der Waals surface area (Å²) in [5.74, 6) is 0. The van der Waals surface area contributed by atoms with E-state index < -0.39 is 0 Å². The first-order chi connectivity index (χ1) is 17.4. The molecule has 0 saturated carbocycles. The average Bonchev–Trinajstić information content (AvgIpc) is 3.15. The fourth-order valence-corrected chi connectivity index (χ4v) is 5.98. The lowest BCUT2D eigenvalue weighted by Gasteiger charge is -2.10. The van der Waals surface area contributed by atoms with Gasteiger partial charge in [0, 0.05) is 52.6 Å². The first-order valence-electron chi connectivity index (χ1n) is 12.1. The van der Waals surface area contributed by atoms with Gasteiger partial charge in [0.25, 0.3) is 5.70 Å². The van der Waals surface area contributed by atoms with Crippen molar-refractivity contribution in [3.63, 3.8) is 0 Å². The summed E-state index contributed by atoms with van der Waals surface area (Å²) < 4.78 is 11.3. The van der Waals surface area contributed by atoms with Gasteiger partial charge in [0.2, 0.25) is 17.9 Å². The number of hydrogen-bond acceptors (Lipinski definition) is 1. The second kappa shape index (κ2) is 7.00. The maximum absolute atomic E-state index is 6.57. The highest BCUT2D eigenvalue weighted by atomic mass is 16.3. The number of fused-ring (bicyclic) bond motifs is 12. The maximum Gasteiger partial charge on any atom is 0.257 e. The van der Waals surface area contributed by atoms with Crippen molar-refractivity contribution in [1.29, 1.82) is 0 Å². The summed E-state index contributed by atoms with van der Waals surface area (Å²) in [5.41, 5.74) is 12.1. The molecule has 0 aliphatic carbocycles. The molecule has 0 saturated heterocycles. The highest BCUT2D eigenvalue weighted by Gasteiger charge is 2.37. The SMILES string of the molecule is c1ccc2c(c1)CC1=C(C[n+]3ccccc3-c3c1ccc1c3oc3ccccc31)[n+]1ccccc1-2. The third-order valence-electron chi connectivity index (χ3n) is 7.55. The molecule has 0 spiro atoms. The smallest absolute Gasteiger partial charge is 0.257 e. The number of allylic oxidation sites excluding steroid dienone is 2. The van der Waals surface area contributed by atoms with Gasteiger partial charge in [-0.1, -0.05) is 42.5 Å². The number of furan rings is 1. The first kappa shape index (κ1) is 18.9. The van der Waals surface area contributed by atoms with Crippen LogP contribution in [0.15, 0.2) is 114 Å². The van der Waals surface area contributed by atoms with Gasteiger partial charge in [-0.25, -0.2) is 0 Å². The van der Waals surface area contributed by atoms with Crippen molar-refractivity contribution >= 4 is 33.2 Å². The Kier molecular flexibility index (Phi) is 3.78. The minimum absolute atomic E-state index is 0.789. The van der Waals surface area contributed by atoms with E-state index in [1.54, 1.807) is 0 Å². The van der Waals surface area contributed by atoms with Gasteiger partial charge in [-0.05, 0) is 35.9 Å². The molecule has 0 radical (unpaired) electrons. The van der Waals surface area contributed by atoms with E-state index >= 15 is 0 Å². The summed E-state index contributed by atoms with van der Waals surface area (Å²) in [6.45, 7) is 0.789. The maximum atomic E-state index is 6.57. The van der Waals surface area contributed by atoms with Crippen LogP contribution < -0.4 is 9.13 Å². The summed E-state index contributed by atoms with van der Waals surface area (Å²) in [6.07, 6.45) is 5.28. The van der Waals surface area contributed by atoms with Gasteiger partial charge in [-0.2, -0.15) is 9.13 Å². The number of benzene rings is 3. The highest BCUT2D eigenvalue weighted by molar-refractivity contribution is 6.12. The lowest BCUT2D eigenvalue weighted by Crippen LogP contribution is -2.44. The summed E-state index contributed by atoms with van der Waals surface area (Å²) in [6, 6.07) is 34.7. The summed E-state index contributed by atoms with van der Waals surface area (Å²) in [4.78, 5) is 0. The zero-order valence-electron chi connectivity index (χ0n) is 19.1. The third kappa shape index (κ3) is 2.61. The van der Waals surface area contributed by atoms with E-state index in [0.29, 0.717) is 0 Å². The third-order valence-corrected chi connectivity index (χ3v) is 7.55. The predicted octanol–water partition coefficient (Wildman–Crippen LogP) is 6.43. The normalized spacial score (nSPS) is 13.9. The van der Waals surface area contributed by atoms with Gasteiger partial charge in [0.15, 0.2) is 12.4 Å². The van der Waals surface area contributed by atoms with Crippen LogP contribution in [0, 0.1) is 0 Å². The monoisotopic (exact) mass is 450 g/mol. The molecule has 3 heteroatoms. The van der Waals surface area contributed by atoms with E-state index in [2.05, 4.69) is 113 Å². The largest absolute Gasteiger partial charge is 0.455 e. The van der Waals surface area contributed by atoms with Gasteiger partial charge in [0.05, 0.1) is 11.1 Å². The molecule has 0 N–H and O–H groups in total. The van der Waals surface area contributed by atoms with E-state index in [0.717, 1.165) is 29.5 Å². The molecule has 0 unspecified atom stereocenters. The van der Waals surface area contributed by atoms with Crippen molar-refractivity contribution in [3.05, 3.63) is 121 Å². The Balaban J connectivity index is 1.54. The van der Waals surface area contributed by atoms with Gasteiger partial charge in [0.1, 0.15) is 11.2 Å². The summed E-state index contributed by atoms with van der Waals surface area (Å²) in [7, 11) is 0. The quantitative estimate of drug-likeness (QED) is 0.244. The zero-order chi connectivity index (χ0) is 22.9. The first-order valence-corrected chi connectivity index (χ1v) is 12.1. The number of hydrogen-bond donors (Lipinski definition) is 0. The van der Waals surface area contributed by atoms with Gasteiger partial charge >= 0.3 is 0 Å². The lowest BCUT2D eigenvalue weighted by molar-refractivity contribution is -0.698. The molecule has 6 aromatic rings. The van der Waals surface area contributed by atoms with Crippen LogP contribution in [0.2, 0.25) is 0 Å². The van der Waals surface area contributed by atoms with Crippen LogP contribution in [0.4, 0.5) is 0 Å². The Morgan fingerprint density at radius 3 is 2.40 bits per heavy atom. The second-order valence-electron chi connectivity index (χ2n) is 9.39. The van der Waals surface area contributed by atoms with E-state index in [-0.39, 0.29) is 0 Å². The number of pyridine rings is 2. The molecule has 3 aromatic heterocycles. The number of rotatable bonds is 0. The molecular weight excluding hydrogens is 428 g/mol. The Morgan fingerprint density at radius 1 is 0.629 bits per heavy atom. The Labute approximate surface area is 202 Å². The Bertz CT molecular complexity index is 1860. The molecule has 5 heterocycles. The van der Waals surface area contributed by atoms with Crippen molar-refractivity contribution in [3.8, 4) is 22.5 Å². The van der Waals surface area contributed by atoms with Crippen molar-refractivity contribution in [2.24, 2.45) is 0 Å². The lowest BCUT2D eigenvalue weighted by atomic mass is 9.90. The molecule has 2 aliphatic rings. The number of para-hydroxylation sites is 1. The van der Waals surface area contributed by atoms with E-state index in [1.807, 2.05) is 6.07 Å². The molecule has 2 aliphatic heterocycles. The molecular formula is C32H22N2O+2. The van der Waals surface area contributed by atoms with Crippen LogP contribution >= 0.6 is 0 Å². The van der Waals surface area contributed by atoms with Crippen molar-refractivity contribution < 1.29 is 13.6 Å². The molecule has 0 atom stereocenters. The number of aromatic nitrogens is 2. The molecule has 164 valence electrons. The molecule has 3 aromatic carbocycles. The van der Waals surface area contributed by atoms with Crippen molar-refractivity contribution in [1.82, 2.24) is 0 Å². The average molecular weight is 451 g/mol. The van der Waals surface area contributed by atoms with Gasteiger partial charge in [-0.15, -0.1) is 0 Å². The number of nitrogens with zero attached hydrogens (tertiary/aromatic N) is 2. The molecule has 8 rings (SSSR count). The Hall–Kier alpha value is -4.50. The summed E-state index contributed by atoms with van der Waals surface area (Å²) in [5, 5.41) is 2.33. The topological polar surface area (TPSA) is 20.9 Å². The van der Waals surface area contributed by atoms with Crippen LogP contribution in [0.25, 0.3) is 55.7 Å². The standard InChI is InChI=1S/C32H22N2O/c1-2-10-22-21(9-1)19-26-24-15-16-25-23-11-3-4-14-30(23)35-32(25)31(24)28-13-5-7-17-33(28)20-29(26)34-18-8-6-12-27(22)34/h1-18H,19-20H2/q+2. The molecule has 0 bridgehead atoms. The molecule has 35 heavy (non-hydrogen) atoms. The van der Waals surface area contributed by atoms with Gasteiger partial charge in [-0.3, -0.25) is 0 Å².